The average molecular weight is 479 g/mol. The van der Waals surface area contributed by atoms with Gasteiger partial charge in [-0.1, -0.05) is 46.3 Å². The van der Waals surface area contributed by atoms with Crippen LogP contribution in [-0.2, 0) is 20.9 Å². The van der Waals surface area contributed by atoms with Crippen molar-refractivity contribution in [1.82, 2.24) is 0 Å². The molecule has 1 aliphatic heterocycles. The summed E-state index contributed by atoms with van der Waals surface area (Å²) in [4.78, 5) is 26.1. The molecular weight excluding hydrogens is 456 g/mol. The van der Waals surface area contributed by atoms with E-state index in [9.17, 15) is 9.59 Å². The SMILES string of the molecule is O=C1CCCC2=C1C(c1cc(Br)ccc1OCc1ccccc1)C1=C(CCCC1=O)O2. The van der Waals surface area contributed by atoms with E-state index in [4.69, 9.17) is 9.47 Å². The van der Waals surface area contributed by atoms with Gasteiger partial charge in [0, 0.05) is 46.9 Å². The Morgan fingerprint density at radius 2 is 1.52 bits per heavy atom. The molecule has 3 aliphatic rings. The van der Waals surface area contributed by atoms with Gasteiger partial charge < -0.3 is 9.47 Å². The van der Waals surface area contributed by atoms with Gasteiger partial charge in [0.2, 0.25) is 0 Å². The van der Waals surface area contributed by atoms with Gasteiger partial charge >= 0.3 is 0 Å². The monoisotopic (exact) mass is 478 g/mol. The minimum Gasteiger partial charge on any atom is -0.489 e. The smallest absolute Gasteiger partial charge is 0.163 e. The van der Waals surface area contributed by atoms with Gasteiger partial charge in [-0.2, -0.15) is 0 Å². The van der Waals surface area contributed by atoms with Crippen LogP contribution in [0.4, 0.5) is 0 Å². The maximum atomic E-state index is 13.0. The van der Waals surface area contributed by atoms with Crippen LogP contribution in [-0.4, -0.2) is 11.6 Å². The third-order valence-electron chi connectivity index (χ3n) is 6.16. The minimum atomic E-state index is -0.428. The number of ether oxygens (including phenoxy) is 2. The molecule has 2 aliphatic carbocycles. The Morgan fingerprint density at radius 1 is 0.871 bits per heavy atom. The maximum absolute atomic E-state index is 13.0. The second-order valence-electron chi connectivity index (χ2n) is 8.22. The van der Waals surface area contributed by atoms with Gasteiger partial charge in [-0.05, 0) is 36.6 Å². The number of hydrogen-bond acceptors (Lipinski definition) is 4. The molecule has 0 radical (unpaired) electrons. The van der Waals surface area contributed by atoms with E-state index in [0.717, 1.165) is 52.8 Å². The molecule has 2 aromatic carbocycles. The molecule has 0 fully saturated rings. The molecule has 0 saturated carbocycles. The van der Waals surface area contributed by atoms with E-state index in [-0.39, 0.29) is 11.6 Å². The predicted octanol–water partition coefficient (Wildman–Crippen LogP) is 6.16. The van der Waals surface area contributed by atoms with Gasteiger partial charge in [-0.25, -0.2) is 0 Å². The molecule has 0 unspecified atom stereocenters. The van der Waals surface area contributed by atoms with Crippen molar-refractivity contribution in [3.8, 4) is 5.75 Å². The van der Waals surface area contributed by atoms with Crippen molar-refractivity contribution >= 4 is 27.5 Å². The highest BCUT2D eigenvalue weighted by Gasteiger charge is 2.42. The third-order valence-corrected chi connectivity index (χ3v) is 6.65. The van der Waals surface area contributed by atoms with Crippen molar-refractivity contribution in [2.45, 2.75) is 51.0 Å². The fourth-order valence-electron chi connectivity index (χ4n) is 4.74. The second-order valence-corrected chi connectivity index (χ2v) is 9.13. The van der Waals surface area contributed by atoms with Gasteiger partial charge in [-0.15, -0.1) is 0 Å². The Labute approximate surface area is 190 Å². The third kappa shape index (κ3) is 3.87. The number of allylic oxidation sites excluding steroid dienone is 4. The van der Waals surface area contributed by atoms with Crippen molar-refractivity contribution in [2.24, 2.45) is 0 Å². The first-order chi connectivity index (χ1) is 15.1. The van der Waals surface area contributed by atoms with E-state index in [1.165, 1.54) is 0 Å². The molecule has 0 amide bonds. The first kappa shape index (κ1) is 20.3. The number of halogens is 1. The van der Waals surface area contributed by atoms with Crippen molar-refractivity contribution in [3.63, 3.8) is 0 Å². The molecule has 4 nitrogen and oxygen atoms in total. The Hall–Kier alpha value is -2.66. The van der Waals surface area contributed by atoms with Crippen LogP contribution in [0, 0.1) is 0 Å². The molecule has 1 heterocycles. The molecule has 0 atom stereocenters. The molecule has 0 aromatic heterocycles. The van der Waals surface area contributed by atoms with Crippen LogP contribution >= 0.6 is 15.9 Å². The van der Waals surface area contributed by atoms with Gasteiger partial charge in [0.1, 0.15) is 23.9 Å². The van der Waals surface area contributed by atoms with E-state index < -0.39 is 5.92 Å². The zero-order valence-electron chi connectivity index (χ0n) is 17.2. The molecular formula is C26H23BrO4. The van der Waals surface area contributed by atoms with Gasteiger partial charge in [0.05, 0.1) is 5.92 Å². The lowest BCUT2D eigenvalue weighted by atomic mass is 9.73. The fourth-order valence-corrected chi connectivity index (χ4v) is 5.12. The Kier molecular flexibility index (Phi) is 5.53. The first-order valence-electron chi connectivity index (χ1n) is 10.8. The van der Waals surface area contributed by atoms with Crippen molar-refractivity contribution in [2.75, 3.05) is 0 Å². The lowest BCUT2D eigenvalue weighted by Crippen LogP contribution is -2.30. The van der Waals surface area contributed by atoms with Crippen LogP contribution in [0.5, 0.6) is 5.75 Å². The lowest BCUT2D eigenvalue weighted by molar-refractivity contribution is -0.117. The molecule has 0 N–H and O–H groups in total. The fraction of sp³-hybridized carbons (Fsp3) is 0.308. The molecule has 0 bridgehead atoms. The highest BCUT2D eigenvalue weighted by molar-refractivity contribution is 9.10. The van der Waals surface area contributed by atoms with Crippen molar-refractivity contribution < 1.29 is 19.1 Å². The zero-order chi connectivity index (χ0) is 21.4. The lowest BCUT2D eigenvalue weighted by Gasteiger charge is -2.36. The molecule has 5 rings (SSSR count). The number of rotatable bonds is 4. The summed E-state index contributed by atoms with van der Waals surface area (Å²) in [7, 11) is 0. The maximum Gasteiger partial charge on any atom is 0.163 e. The topological polar surface area (TPSA) is 52.6 Å². The Morgan fingerprint density at radius 3 is 2.16 bits per heavy atom. The summed E-state index contributed by atoms with van der Waals surface area (Å²) in [5.41, 5.74) is 3.19. The van der Waals surface area contributed by atoms with E-state index in [1.807, 2.05) is 48.5 Å². The summed E-state index contributed by atoms with van der Waals surface area (Å²) in [6.07, 6.45) is 4.02. The number of hydrogen-bond donors (Lipinski definition) is 0. The predicted molar refractivity (Wildman–Crippen MR) is 121 cm³/mol. The number of Topliss-reactive ketones (excluding diaryl/α,β-unsaturated/α-hetero) is 2. The summed E-state index contributed by atoms with van der Waals surface area (Å²) in [5, 5.41) is 0. The summed E-state index contributed by atoms with van der Waals surface area (Å²) in [6, 6.07) is 15.8. The van der Waals surface area contributed by atoms with Crippen LogP contribution in [0.1, 0.15) is 55.6 Å². The highest BCUT2D eigenvalue weighted by atomic mass is 79.9. The second kappa shape index (κ2) is 8.46. The van der Waals surface area contributed by atoms with Gasteiger partial charge in [0.15, 0.2) is 11.6 Å². The van der Waals surface area contributed by atoms with Crippen LogP contribution in [0.2, 0.25) is 0 Å². The van der Waals surface area contributed by atoms with E-state index in [0.29, 0.717) is 36.3 Å². The standard InChI is InChI=1S/C26H23BrO4/c27-17-12-13-21(30-15-16-6-2-1-3-7-16)18(14-17)24-25-19(28)8-4-10-22(25)31-23-11-5-9-20(29)26(23)24/h1-3,6-7,12-14,24H,4-5,8-11,15H2. The summed E-state index contributed by atoms with van der Waals surface area (Å²) >= 11 is 3.58. The first-order valence-corrected chi connectivity index (χ1v) is 11.6. The zero-order valence-corrected chi connectivity index (χ0v) is 18.7. The van der Waals surface area contributed by atoms with E-state index >= 15 is 0 Å². The number of ketones is 2. The average Bonchev–Trinajstić information content (AvgIpc) is 2.78. The quantitative estimate of drug-likeness (QED) is 0.528. The summed E-state index contributed by atoms with van der Waals surface area (Å²) in [6.45, 7) is 0.415. The number of carbonyl (C=O) groups excluding carboxylic acids is 2. The van der Waals surface area contributed by atoms with Crippen molar-refractivity contribution in [3.05, 3.63) is 86.8 Å². The number of carbonyl (C=O) groups is 2. The normalized spacial score (nSPS) is 19.1. The van der Waals surface area contributed by atoms with E-state index in [1.54, 1.807) is 0 Å². The van der Waals surface area contributed by atoms with Crippen LogP contribution in [0.3, 0.4) is 0 Å². The van der Waals surface area contributed by atoms with Gasteiger partial charge in [0.25, 0.3) is 0 Å². The largest absolute Gasteiger partial charge is 0.489 e. The van der Waals surface area contributed by atoms with E-state index in [2.05, 4.69) is 15.9 Å². The molecule has 5 heteroatoms. The minimum absolute atomic E-state index is 0.0742. The Bertz CT molecular complexity index is 1070. The van der Waals surface area contributed by atoms with Crippen LogP contribution in [0.15, 0.2) is 75.7 Å². The summed E-state index contributed by atoms with van der Waals surface area (Å²) < 4.78 is 13.3. The molecule has 158 valence electrons. The molecule has 31 heavy (non-hydrogen) atoms. The molecule has 2 aromatic rings. The molecule has 0 saturated heterocycles. The summed E-state index contributed by atoms with van der Waals surface area (Å²) in [5.74, 6) is 1.89. The molecule has 0 spiro atoms. The van der Waals surface area contributed by atoms with Gasteiger partial charge in [-0.3, -0.25) is 9.59 Å². The number of benzene rings is 2. The van der Waals surface area contributed by atoms with Crippen LogP contribution < -0.4 is 4.74 Å². The van der Waals surface area contributed by atoms with Crippen molar-refractivity contribution in [1.29, 1.82) is 0 Å². The Balaban J connectivity index is 1.62. The van der Waals surface area contributed by atoms with Crippen LogP contribution in [0.25, 0.3) is 0 Å². The highest BCUT2D eigenvalue weighted by Crippen LogP contribution is 2.50.